The van der Waals surface area contributed by atoms with Gasteiger partial charge >= 0.3 is 18.0 Å². The number of para-hydroxylation sites is 1. The van der Waals surface area contributed by atoms with E-state index in [0.717, 1.165) is 77.5 Å². The number of rotatable bonds is 25. The Hall–Kier alpha value is -7.17. The van der Waals surface area contributed by atoms with Crippen molar-refractivity contribution in [2.45, 2.75) is 160 Å². The Morgan fingerprint density at radius 2 is 1.66 bits per heavy atom. The number of aliphatic carboxylic acids is 1. The Kier molecular flexibility index (Phi) is 18.7. The molecule has 2 aliphatic heterocycles. The number of nitrogens with zero attached hydrogens (tertiary/aromatic N) is 6. The van der Waals surface area contributed by atoms with Gasteiger partial charge < -0.3 is 75.3 Å². The molecule has 9 atom stereocenters. The molecule has 3 aromatic carbocycles. The molecule has 5 fully saturated rings. The van der Waals surface area contributed by atoms with Gasteiger partial charge in [0.1, 0.15) is 42.6 Å². The highest BCUT2D eigenvalue weighted by Gasteiger charge is 2.66. The van der Waals surface area contributed by atoms with Gasteiger partial charge in [-0.2, -0.15) is 5.10 Å². The van der Waals surface area contributed by atoms with E-state index in [9.17, 15) is 60.0 Å². The van der Waals surface area contributed by atoms with Crippen LogP contribution in [0.15, 0.2) is 79.0 Å². The molecule has 0 spiro atoms. The van der Waals surface area contributed by atoms with Crippen molar-refractivity contribution in [1.82, 2.24) is 24.6 Å². The number of aromatic carboxylic acids is 1. The number of thiazole rings is 1. The van der Waals surface area contributed by atoms with Crippen molar-refractivity contribution in [1.29, 1.82) is 0 Å². The number of carboxylic acids is 2. The number of amides is 2. The standard InChI is InChI=1S/C65H80N8O16S/c1-37-43(41-16-17-50(69-51(41)57(81)82)72-21-18-39-10-8-11-42(44(39)27-72)56(80)70-60-68-45-12-4-5-13-49(45)90-60)26-67-73(37)36-64-31-62(2)30-63(3,32-64)34-65(33-62,35-64)87-24-23-71(22-19-46(75)47(76)28-74)61(85)86-29-40-15-14-38(9-6-7-20-66)25-48(40)88-59-54(79)52(77)53(78)55(89-59)58(83)84/h4-5,8,10-17,25-26,46-47,52-55,59,74-79H,6-7,9,18-24,27-36,66H2,1-3H3,(H,81,82)(H,83,84)(H,68,70,80)/t46-,47+,52-,53-,54+,55-,59+,62?,63?,64?,65?/m0/s1. The predicted octanol–water partition coefficient (Wildman–Crippen LogP) is 5.81. The van der Waals surface area contributed by atoms with Gasteiger partial charge in [-0.3, -0.25) is 14.8 Å². The third-order valence-electron chi connectivity index (χ3n) is 18.8. The summed E-state index contributed by atoms with van der Waals surface area (Å²) in [6.07, 6.45) is -3.72. The Balaban J connectivity index is 0.780. The van der Waals surface area contributed by atoms with Gasteiger partial charge in [-0.05, 0) is 153 Å². The van der Waals surface area contributed by atoms with Gasteiger partial charge in [-0.15, -0.1) is 0 Å². The molecule has 11 N–H and O–H groups in total. The number of anilines is 2. The first-order valence-corrected chi connectivity index (χ1v) is 31.5. The van der Waals surface area contributed by atoms with Crippen LogP contribution >= 0.6 is 11.3 Å². The Labute approximate surface area is 524 Å². The number of hydrogen-bond donors (Lipinski definition) is 10. The van der Waals surface area contributed by atoms with Gasteiger partial charge in [-0.1, -0.05) is 61.6 Å². The van der Waals surface area contributed by atoms with Crippen molar-refractivity contribution in [3.05, 3.63) is 118 Å². The number of aliphatic hydroxyl groups excluding tert-OH is 6. The third kappa shape index (κ3) is 13.6. The maximum Gasteiger partial charge on any atom is 0.410 e. The van der Waals surface area contributed by atoms with Gasteiger partial charge in [0, 0.05) is 60.7 Å². The van der Waals surface area contributed by atoms with Crippen molar-refractivity contribution >= 4 is 56.4 Å². The van der Waals surface area contributed by atoms with Crippen molar-refractivity contribution in [3.63, 3.8) is 0 Å². The minimum atomic E-state index is -1.94. The topological polar surface area (TPSA) is 355 Å². The van der Waals surface area contributed by atoms with E-state index in [4.69, 9.17) is 34.8 Å². The summed E-state index contributed by atoms with van der Waals surface area (Å²) < 4.78 is 27.3. The number of aryl methyl sites for hydroxylation is 1. The molecule has 90 heavy (non-hydrogen) atoms. The zero-order valence-electron chi connectivity index (χ0n) is 50.7. The number of ether oxygens (including phenoxy) is 4. The molecule has 482 valence electrons. The normalized spacial score (nSPS) is 26.6. The van der Waals surface area contributed by atoms with Crippen LogP contribution in [0.3, 0.4) is 0 Å². The number of carboxylic acid groups (broad SMARTS) is 2. The molecule has 3 aromatic heterocycles. The smallest absolute Gasteiger partial charge is 0.410 e. The van der Waals surface area contributed by atoms with Gasteiger partial charge in [0.15, 0.2) is 16.9 Å². The number of aromatic nitrogens is 4. The van der Waals surface area contributed by atoms with E-state index in [2.05, 4.69) is 24.1 Å². The van der Waals surface area contributed by atoms with Crippen LogP contribution in [0.1, 0.15) is 120 Å². The number of hydrogen-bond acceptors (Lipinski definition) is 20. The van der Waals surface area contributed by atoms with Gasteiger partial charge in [0.05, 0.1) is 41.3 Å². The SMILES string of the molecule is Cc1c(-c2ccc(N3CCc4cccc(C(=O)Nc5nc6ccccc6s5)c4C3)nc2C(=O)O)cnn1CC12CC3(C)CC(C)(C1)CC(OCCN(CC[C@H](O)[C@H](O)CO)C(=O)OCc1ccc(CCCCN)cc1O[C@@H]1O[C@H](C(=O)O)[C@@H](O)[C@H](O)[C@H]1O)(C3)C2. The average molecular weight is 1260 g/mol. The van der Waals surface area contributed by atoms with Crippen LogP contribution in [0.4, 0.5) is 15.7 Å². The lowest BCUT2D eigenvalue weighted by atomic mass is 9.39. The Morgan fingerprint density at radius 1 is 0.878 bits per heavy atom. The summed E-state index contributed by atoms with van der Waals surface area (Å²) in [7, 11) is 0. The van der Waals surface area contributed by atoms with Crippen LogP contribution in [0, 0.1) is 23.2 Å². The summed E-state index contributed by atoms with van der Waals surface area (Å²) in [5.41, 5.74) is 10.7. The number of aliphatic hydroxyl groups is 6. The molecule has 24 nitrogen and oxygen atoms in total. The highest BCUT2D eigenvalue weighted by atomic mass is 32.1. The maximum absolute atomic E-state index is 14.2. The lowest BCUT2D eigenvalue weighted by Gasteiger charge is -2.69. The molecule has 2 unspecified atom stereocenters. The molecular formula is C65H80N8O16S. The fourth-order valence-corrected chi connectivity index (χ4v) is 16.5. The highest BCUT2D eigenvalue weighted by molar-refractivity contribution is 7.22. The number of unbranched alkanes of at least 4 members (excludes halogenated alkanes) is 1. The summed E-state index contributed by atoms with van der Waals surface area (Å²) in [4.78, 5) is 65.9. The second kappa shape index (κ2) is 26.2. The summed E-state index contributed by atoms with van der Waals surface area (Å²) in [5, 5.41) is 91.2. The fraction of sp³-hybridized carbons (Fsp3) is 0.523. The monoisotopic (exact) mass is 1260 g/mol. The average Bonchev–Trinajstić information content (AvgIpc) is 0.720. The predicted molar refractivity (Wildman–Crippen MR) is 330 cm³/mol. The summed E-state index contributed by atoms with van der Waals surface area (Å²) in [6.45, 7) is 7.38. The van der Waals surface area contributed by atoms with E-state index in [1.165, 1.54) is 16.2 Å². The fourth-order valence-electron chi connectivity index (χ4n) is 15.7. The number of nitrogens with one attached hydrogen (secondary N) is 1. The zero-order valence-corrected chi connectivity index (χ0v) is 51.5. The van der Waals surface area contributed by atoms with Crippen LogP contribution in [0.25, 0.3) is 21.3 Å². The van der Waals surface area contributed by atoms with Crippen LogP contribution in [0.2, 0.25) is 0 Å². The van der Waals surface area contributed by atoms with E-state index in [1.807, 2.05) is 59.0 Å². The number of pyridine rings is 1. The third-order valence-corrected chi connectivity index (χ3v) is 19.7. The largest absolute Gasteiger partial charge is 0.479 e. The first-order chi connectivity index (χ1) is 43.0. The highest BCUT2D eigenvalue weighted by Crippen LogP contribution is 2.72. The first kappa shape index (κ1) is 64.4. The minimum Gasteiger partial charge on any atom is -0.479 e. The number of nitrogens with two attached hydrogens (primary N) is 1. The molecule has 4 saturated carbocycles. The second-order valence-corrected chi connectivity index (χ2v) is 27.2. The molecule has 4 aliphatic carbocycles. The molecular weight excluding hydrogens is 1180 g/mol. The van der Waals surface area contributed by atoms with E-state index < -0.39 is 79.8 Å². The quantitative estimate of drug-likeness (QED) is 0.0302. The Bertz CT molecular complexity index is 3580. The molecule has 12 rings (SSSR count). The van der Waals surface area contributed by atoms with Crippen LogP contribution < -0.4 is 20.7 Å². The molecule has 6 aliphatic rings. The van der Waals surface area contributed by atoms with Gasteiger partial charge in [0.2, 0.25) is 6.29 Å². The first-order valence-electron chi connectivity index (χ1n) is 30.7. The van der Waals surface area contributed by atoms with E-state index in [0.29, 0.717) is 78.6 Å². The molecule has 2 amide bonds. The molecule has 1 saturated heterocycles. The summed E-state index contributed by atoms with van der Waals surface area (Å²) >= 11 is 1.40. The molecule has 0 radical (unpaired) electrons. The van der Waals surface area contributed by atoms with Crippen molar-refractivity contribution < 1.29 is 79.0 Å². The number of benzene rings is 3. The van der Waals surface area contributed by atoms with E-state index in [-0.39, 0.29) is 59.7 Å². The lowest BCUT2D eigenvalue weighted by molar-refractivity contribution is -0.271. The molecule has 4 bridgehead atoms. The summed E-state index contributed by atoms with van der Waals surface area (Å²) in [6, 6.07) is 22.1. The number of carbonyl (C=O) groups excluding carboxylic acids is 2. The lowest BCUT2D eigenvalue weighted by Crippen LogP contribution is -2.64. The number of carbonyl (C=O) groups is 4. The molecule has 6 aromatic rings. The van der Waals surface area contributed by atoms with E-state index >= 15 is 0 Å². The zero-order chi connectivity index (χ0) is 63.9. The van der Waals surface area contributed by atoms with Crippen LogP contribution in [0.5, 0.6) is 5.75 Å². The maximum atomic E-state index is 14.2. The molecule has 5 heterocycles. The van der Waals surface area contributed by atoms with E-state index in [1.54, 1.807) is 36.5 Å². The Morgan fingerprint density at radius 3 is 2.39 bits per heavy atom. The summed E-state index contributed by atoms with van der Waals surface area (Å²) in [5.74, 6) is -2.52. The van der Waals surface area contributed by atoms with Crippen molar-refractivity contribution in [2.75, 3.05) is 49.6 Å². The number of fused-ring (bicyclic) bond motifs is 2. The van der Waals surface area contributed by atoms with Crippen LogP contribution in [-0.4, -0.2) is 177 Å². The molecule has 25 heteroatoms. The van der Waals surface area contributed by atoms with Gasteiger partial charge in [-0.25, -0.2) is 24.4 Å². The second-order valence-electron chi connectivity index (χ2n) is 26.1. The van der Waals surface area contributed by atoms with Gasteiger partial charge in [0.25, 0.3) is 5.91 Å². The van der Waals surface area contributed by atoms with Crippen LogP contribution in [-0.2, 0) is 51.5 Å². The minimum absolute atomic E-state index is 0.0146. The van der Waals surface area contributed by atoms with Crippen molar-refractivity contribution in [3.8, 4) is 16.9 Å². The van der Waals surface area contributed by atoms with Crippen molar-refractivity contribution in [2.24, 2.45) is 22.0 Å².